The van der Waals surface area contributed by atoms with Crippen LogP contribution in [0.15, 0.2) is 30.3 Å². The van der Waals surface area contributed by atoms with E-state index >= 15 is 0 Å². The molecule has 0 unspecified atom stereocenters. The number of amides is 1. The molecule has 1 fully saturated rings. The van der Waals surface area contributed by atoms with Crippen molar-refractivity contribution >= 4 is 5.91 Å². The Morgan fingerprint density at radius 1 is 1.25 bits per heavy atom. The maximum absolute atomic E-state index is 12.3. The molecule has 1 saturated carbocycles. The minimum Gasteiger partial charge on any atom is -0.389 e. The lowest BCUT2D eigenvalue weighted by Crippen LogP contribution is -2.40. The number of nitrogens with zero attached hydrogens (tertiary/aromatic N) is 1. The summed E-state index contributed by atoms with van der Waals surface area (Å²) in [6.07, 6.45) is 4.70. The van der Waals surface area contributed by atoms with Gasteiger partial charge in [-0.05, 0) is 18.4 Å². The van der Waals surface area contributed by atoms with Gasteiger partial charge in [-0.15, -0.1) is 0 Å². The van der Waals surface area contributed by atoms with Gasteiger partial charge in [-0.3, -0.25) is 9.63 Å². The summed E-state index contributed by atoms with van der Waals surface area (Å²) in [6, 6.07) is 9.71. The predicted molar refractivity (Wildman–Crippen MR) is 76.7 cm³/mol. The van der Waals surface area contributed by atoms with E-state index in [1.165, 1.54) is 12.2 Å². The first kappa shape index (κ1) is 15.0. The van der Waals surface area contributed by atoms with Gasteiger partial charge < -0.3 is 5.11 Å². The maximum Gasteiger partial charge on any atom is 0.249 e. The highest BCUT2D eigenvalue weighted by Crippen LogP contribution is 2.31. The fraction of sp³-hybridized carbons (Fsp3) is 0.562. The van der Waals surface area contributed by atoms with Crippen molar-refractivity contribution in [1.82, 2.24) is 5.06 Å². The molecule has 1 aliphatic carbocycles. The van der Waals surface area contributed by atoms with Crippen LogP contribution in [0.2, 0.25) is 0 Å². The molecule has 110 valence electrons. The van der Waals surface area contributed by atoms with Crippen LogP contribution in [0.4, 0.5) is 0 Å². The number of carbonyl (C=O) groups is 1. The molecular weight excluding hydrogens is 254 g/mol. The highest BCUT2D eigenvalue weighted by atomic mass is 16.7. The van der Waals surface area contributed by atoms with Gasteiger partial charge >= 0.3 is 0 Å². The van der Waals surface area contributed by atoms with E-state index in [4.69, 9.17) is 4.84 Å². The van der Waals surface area contributed by atoms with Crippen LogP contribution in [0.25, 0.3) is 0 Å². The smallest absolute Gasteiger partial charge is 0.249 e. The molecule has 0 radical (unpaired) electrons. The van der Waals surface area contributed by atoms with Crippen LogP contribution in [0.5, 0.6) is 0 Å². The number of benzene rings is 1. The van der Waals surface area contributed by atoms with Crippen LogP contribution in [0.1, 0.15) is 44.1 Å². The second-order valence-electron chi connectivity index (χ2n) is 5.56. The standard InChI is InChI=1S/C16H23NO3/c1-20-17(13-14-8-4-2-5-9-14)15(18)12-16(19)10-6-3-7-11-16/h2,4-5,8-9,19H,3,6-7,10-13H2,1H3. The number of hydroxylamine groups is 2. The van der Waals surface area contributed by atoms with E-state index in [0.717, 1.165) is 24.8 Å². The zero-order valence-electron chi connectivity index (χ0n) is 12.0. The summed E-state index contributed by atoms with van der Waals surface area (Å²) in [5, 5.41) is 11.8. The summed E-state index contributed by atoms with van der Waals surface area (Å²) in [5.74, 6) is -0.152. The third kappa shape index (κ3) is 4.05. The van der Waals surface area contributed by atoms with Crippen LogP contribution in [0, 0.1) is 0 Å². The fourth-order valence-corrected chi connectivity index (χ4v) is 2.76. The molecule has 1 amide bonds. The van der Waals surface area contributed by atoms with Crippen LogP contribution in [-0.4, -0.2) is 28.8 Å². The number of hydrogen-bond acceptors (Lipinski definition) is 3. The fourth-order valence-electron chi connectivity index (χ4n) is 2.76. The molecule has 0 aliphatic heterocycles. The van der Waals surface area contributed by atoms with Gasteiger partial charge in [0.2, 0.25) is 5.91 Å². The average Bonchev–Trinajstić information content (AvgIpc) is 2.46. The Kier molecular flexibility index (Phi) is 5.15. The monoisotopic (exact) mass is 277 g/mol. The molecule has 1 aliphatic rings. The van der Waals surface area contributed by atoms with Crippen molar-refractivity contribution in [3.8, 4) is 0 Å². The predicted octanol–water partition coefficient (Wildman–Crippen LogP) is 2.66. The first-order valence-electron chi connectivity index (χ1n) is 7.24. The first-order chi connectivity index (χ1) is 9.63. The van der Waals surface area contributed by atoms with E-state index in [1.54, 1.807) is 0 Å². The maximum atomic E-state index is 12.3. The van der Waals surface area contributed by atoms with Crippen LogP contribution in [-0.2, 0) is 16.2 Å². The number of rotatable bonds is 5. The molecular formula is C16H23NO3. The van der Waals surface area contributed by atoms with E-state index in [0.29, 0.717) is 19.4 Å². The van der Waals surface area contributed by atoms with E-state index in [2.05, 4.69) is 0 Å². The second kappa shape index (κ2) is 6.86. The third-order valence-electron chi connectivity index (χ3n) is 3.93. The number of hydrogen-bond donors (Lipinski definition) is 1. The summed E-state index contributed by atoms with van der Waals surface area (Å²) in [4.78, 5) is 17.5. The molecule has 1 aromatic rings. The molecule has 0 saturated heterocycles. The summed E-state index contributed by atoms with van der Waals surface area (Å²) in [5.41, 5.74) is 0.168. The van der Waals surface area contributed by atoms with Crippen molar-refractivity contribution in [2.45, 2.75) is 50.7 Å². The summed E-state index contributed by atoms with van der Waals surface area (Å²) in [7, 11) is 1.49. The van der Waals surface area contributed by atoms with Crippen molar-refractivity contribution in [2.75, 3.05) is 7.11 Å². The highest BCUT2D eigenvalue weighted by Gasteiger charge is 2.33. The molecule has 2 rings (SSSR count). The van der Waals surface area contributed by atoms with Crippen LogP contribution < -0.4 is 0 Å². The summed E-state index contributed by atoms with van der Waals surface area (Å²) < 4.78 is 0. The van der Waals surface area contributed by atoms with Crippen LogP contribution in [0.3, 0.4) is 0 Å². The van der Waals surface area contributed by atoms with Gasteiger partial charge in [0.1, 0.15) is 0 Å². The molecule has 1 N–H and O–H groups in total. The topological polar surface area (TPSA) is 49.8 Å². The van der Waals surface area contributed by atoms with Gasteiger partial charge in [-0.2, -0.15) is 0 Å². The Hall–Kier alpha value is -1.39. The second-order valence-corrected chi connectivity index (χ2v) is 5.56. The van der Waals surface area contributed by atoms with Crippen LogP contribution >= 0.6 is 0 Å². The largest absolute Gasteiger partial charge is 0.389 e. The minimum atomic E-state index is -0.844. The zero-order valence-corrected chi connectivity index (χ0v) is 12.0. The Labute approximate surface area is 120 Å². The normalized spacial score (nSPS) is 17.7. The Bertz CT molecular complexity index is 427. The minimum absolute atomic E-state index is 0.147. The van der Waals surface area contributed by atoms with Crippen molar-refractivity contribution in [1.29, 1.82) is 0 Å². The molecule has 0 heterocycles. The Morgan fingerprint density at radius 2 is 1.90 bits per heavy atom. The van der Waals surface area contributed by atoms with Gasteiger partial charge in [0.25, 0.3) is 0 Å². The van der Waals surface area contributed by atoms with E-state index in [9.17, 15) is 9.90 Å². The quantitative estimate of drug-likeness (QED) is 0.842. The molecule has 20 heavy (non-hydrogen) atoms. The molecule has 4 heteroatoms. The van der Waals surface area contributed by atoms with Gasteiger partial charge in [-0.1, -0.05) is 49.6 Å². The van der Waals surface area contributed by atoms with Crippen molar-refractivity contribution < 1.29 is 14.7 Å². The SMILES string of the molecule is CON(Cc1ccccc1)C(=O)CC1(O)CCCCC1. The van der Waals surface area contributed by atoms with Gasteiger partial charge in [0, 0.05) is 0 Å². The Morgan fingerprint density at radius 3 is 2.50 bits per heavy atom. The molecule has 1 aromatic carbocycles. The highest BCUT2D eigenvalue weighted by molar-refractivity contribution is 5.76. The lowest BCUT2D eigenvalue weighted by atomic mass is 9.82. The molecule has 0 aromatic heterocycles. The lowest BCUT2D eigenvalue weighted by Gasteiger charge is -2.33. The van der Waals surface area contributed by atoms with E-state index in [-0.39, 0.29) is 12.3 Å². The molecule has 0 atom stereocenters. The lowest BCUT2D eigenvalue weighted by molar-refractivity contribution is -0.184. The Balaban J connectivity index is 1.95. The van der Waals surface area contributed by atoms with Crippen molar-refractivity contribution in [3.63, 3.8) is 0 Å². The summed E-state index contributed by atoms with van der Waals surface area (Å²) >= 11 is 0. The van der Waals surface area contributed by atoms with Crippen molar-refractivity contribution in [2.24, 2.45) is 0 Å². The van der Waals surface area contributed by atoms with Gasteiger partial charge in [-0.25, -0.2) is 5.06 Å². The molecule has 4 nitrogen and oxygen atoms in total. The first-order valence-corrected chi connectivity index (χ1v) is 7.24. The average molecular weight is 277 g/mol. The van der Waals surface area contributed by atoms with Gasteiger partial charge in [0.15, 0.2) is 0 Å². The molecule has 0 bridgehead atoms. The van der Waals surface area contributed by atoms with E-state index in [1.807, 2.05) is 30.3 Å². The van der Waals surface area contributed by atoms with Crippen molar-refractivity contribution in [3.05, 3.63) is 35.9 Å². The third-order valence-corrected chi connectivity index (χ3v) is 3.93. The number of aliphatic hydroxyl groups is 1. The van der Waals surface area contributed by atoms with Gasteiger partial charge in [0.05, 0.1) is 25.7 Å². The zero-order chi connectivity index (χ0) is 14.4. The molecule has 0 spiro atoms. The summed E-state index contributed by atoms with van der Waals surface area (Å²) in [6.45, 7) is 0.409. The number of carbonyl (C=O) groups excluding carboxylic acids is 1. The van der Waals surface area contributed by atoms with E-state index < -0.39 is 5.60 Å².